The van der Waals surface area contributed by atoms with E-state index < -0.39 is 11.8 Å². The van der Waals surface area contributed by atoms with Gasteiger partial charge in [0.15, 0.2) is 0 Å². The van der Waals surface area contributed by atoms with Crippen LogP contribution in [0.15, 0.2) is 102 Å². The number of hydrogen-bond acceptors (Lipinski definition) is 5. The number of benzene rings is 3. The van der Waals surface area contributed by atoms with Gasteiger partial charge in [-0.25, -0.2) is 4.68 Å². The van der Waals surface area contributed by atoms with E-state index in [1.807, 2.05) is 66.9 Å². The first-order valence-corrected chi connectivity index (χ1v) is 14.5. The van der Waals surface area contributed by atoms with Gasteiger partial charge in [-0.1, -0.05) is 61.8 Å². The van der Waals surface area contributed by atoms with Crippen LogP contribution in [0, 0.1) is 17.2 Å². The zero-order valence-corrected chi connectivity index (χ0v) is 25.0. The number of carbonyl (C=O) groups is 2. The lowest BCUT2D eigenvalue weighted by atomic mass is 9.93. The molecule has 0 atom stereocenters. The van der Waals surface area contributed by atoms with E-state index in [2.05, 4.69) is 13.8 Å². The van der Waals surface area contributed by atoms with Crippen LogP contribution >= 0.6 is 11.6 Å². The highest BCUT2D eigenvalue weighted by Crippen LogP contribution is 2.33. The van der Waals surface area contributed by atoms with Crippen molar-refractivity contribution in [1.82, 2.24) is 14.7 Å². The summed E-state index contributed by atoms with van der Waals surface area (Å²) in [6.45, 7) is 6.52. The molecule has 5 rings (SSSR count). The maximum Gasteiger partial charge on any atom is 0.271 e. The van der Waals surface area contributed by atoms with Crippen molar-refractivity contribution in [1.29, 1.82) is 5.26 Å². The van der Waals surface area contributed by atoms with E-state index in [1.54, 1.807) is 41.9 Å². The standard InChI is InChI=1S/C35H31ClN4O3/c1-23(2)17-18-43-29-15-13-25(14-16-29)33-27(22-40(38-33)28-10-5-4-6-11-28)19-30-24(3)31(20-37)35(42)39(34(30)41)21-26-9-7-8-12-32(26)36/h4-16,19,22-23H,17-18,21H2,1-3H3/b30-19+. The Morgan fingerprint density at radius 1 is 0.977 bits per heavy atom. The van der Waals surface area contributed by atoms with Gasteiger partial charge in [-0.2, -0.15) is 10.4 Å². The number of aromatic nitrogens is 2. The Bertz CT molecular complexity index is 1760. The van der Waals surface area contributed by atoms with Gasteiger partial charge in [0.1, 0.15) is 17.4 Å². The number of rotatable bonds is 9. The molecule has 0 aliphatic carbocycles. The van der Waals surface area contributed by atoms with Crippen LogP contribution in [0.25, 0.3) is 23.0 Å². The van der Waals surface area contributed by atoms with Crippen molar-refractivity contribution in [3.8, 4) is 28.8 Å². The number of halogens is 1. The van der Waals surface area contributed by atoms with Gasteiger partial charge in [0.05, 0.1) is 24.5 Å². The zero-order valence-electron chi connectivity index (χ0n) is 24.3. The minimum Gasteiger partial charge on any atom is -0.494 e. The van der Waals surface area contributed by atoms with E-state index in [4.69, 9.17) is 21.4 Å². The van der Waals surface area contributed by atoms with Crippen molar-refractivity contribution in [2.24, 2.45) is 5.92 Å². The number of imide groups is 1. The summed E-state index contributed by atoms with van der Waals surface area (Å²) in [4.78, 5) is 28.2. The lowest BCUT2D eigenvalue weighted by molar-refractivity contribution is -0.141. The number of nitriles is 1. The Morgan fingerprint density at radius 2 is 1.67 bits per heavy atom. The maximum atomic E-state index is 13.9. The van der Waals surface area contributed by atoms with Gasteiger partial charge in [0, 0.05) is 27.9 Å². The lowest BCUT2D eigenvalue weighted by Crippen LogP contribution is -2.42. The van der Waals surface area contributed by atoms with E-state index in [0.29, 0.717) is 39.9 Å². The number of amides is 2. The second-order valence-corrected chi connectivity index (χ2v) is 11.1. The highest BCUT2D eigenvalue weighted by molar-refractivity contribution is 6.31. The van der Waals surface area contributed by atoms with Crippen molar-refractivity contribution in [3.05, 3.63) is 118 Å². The fourth-order valence-electron chi connectivity index (χ4n) is 4.78. The van der Waals surface area contributed by atoms with Crippen LogP contribution < -0.4 is 4.74 Å². The molecule has 0 radical (unpaired) electrons. The predicted molar refractivity (Wildman–Crippen MR) is 167 cm³/mol. The zero-order chi connectivity index (χ0) is 30.5. The van der Waals surface area contributed by atoms with Crippen LogP contribution in [0.1, 0.15) is 38.3 Å². The third-order valence-electron chi connectivity index (χ3n) is 7.27. The van der Waals surface area contributed by atoms with Crippen LogP contribution in [-0.4, -0.2) is 33.1 Å². The molecule has 0 spiro atoms. The van der Waals surface area contributed by atoms with E-state index in [1.165, 1.54) is 0 Å². The van der Waals surface area contributed by atoms with Crippen molar-refractivity contribution in [3.63, 3.8) is 0 Å². The van der Waals surface area contributed by atoms with Crippen LogP contribution in [0.3, 0.4) is 0 Å². The van der Waals surface area contributed by atoms with Gasteiger partial charge < -0.3 is 4.74 Å². The average molecular weight is 591 g/mol. The third-order valence-corrected chi connectivity index (χ3v) is 7.64. The first-order valence-electron chi connectivity index (χ1n) is 14.1. The highest BCUT2D eigenvalue weighted by Gasteiger charge is 2.36. The number of nitrogens with zero attached hydrogens (tertiary/aromatic N) is 4. The van der Waals surface area contributed by atoms with Crippen molar-refractivity contribution < 1.29 is 14.3 Å². The second kappa shape index (κ2) is 12.9. The minimum atomic E-state index is -0.643. The Hall–Kier alpha value is -4.93. The molecule has 0 N–H and O–H groups in total. The molecule has 1 aromatic heterocycles. The summed E-state index contributed by atoms with van der Waals surface area (Å²) in [6, 6.07) is 26.3. The summed E-state index contributed by atoms with van der Waals surface area (Å²) in [7, 11) is 0. The predicted octanol–water partition coefficient (Wildman–Crippen LogP) is 7.41. The largest absolute Gasteiger partial charge is 0.494 e. The number of para-hydroxylation sites is 1. The number of hydrogen-bond donors (Lipinski definition) is 0. The molecule has 216 valence electrons. The first-order chi connectivity index (χ1) is 20.8. The summed E-state index contributed by atoms with van der Waals surface area (Å²) >= 11 is 6.35. The van der Waals surface area contributed by atoms with Crippen LogP contribution in [-0.2, 0) is 16.1 Å². The molecule has 0 fully saturated rings. The van der Waals surface area contributed by atoms with E-state index in [0.717, 1.165) is 28.3 Å². The topological polar surface area (TPSA) is 88.2 Å². The summed E-state index contributed by atoms with van der Waals surface area (Å²) in [6.07, 6.45) is 4.50. The Labute approximate surface area is 256 Å². The SMILES string of the molecule is CC1=C(C#N)C(=O)N(Cc2ccccc2Cl)C(=O)/C1=C/c1cn(-c2ccccc2)nc1-c1ccc(OCCC(C)C)cc1. The molecule has 0 saturated heterocycles. The van der Waals surface area contributed by atoms with E-state index >= 15 is 0 Å². The second-order valence-electron chi connectivity index (χ2n) is 10.7. The molecule has 0 unspecified atom stereocenters. The minimum absolute atomic E-state index is 0.0540. The molecule has 7 nitrogen and oxygen atoms in total. The molecule has 43 heavy (non-hydrogen) atoms. The molecule has 4 aromatic rings. The van der Waals surface area contributed by atoms with Crippen LogP contribution in [0.2, 0.25) is 5.02 Å². The van der Waals surface area contributed by atoms with Gasteiger partial charge in [-0.05, 0) is 78.9 Å². The molecule has 0 saturated carbocycles. The Morgan fingerprint density at radius 3 is 2.35 bits per heavy atom. The molecule has 3 aromatic carbocycles. The summed E-state index contributed by atoms with van der Waals surface area (Å²) in [5.41, 5.74) is 4.05. The molecule has 1 aliphatic heterocycles. The molecular formula is C35H31ClN4O3. The van der Waals surface area contributed by atoms with Crippen molar-refractivity contribution >= 4 is 29.5 Å². The molecule has 2 heterocycles. The molecule has 0 bridgehead atoms. The fourth-order valence-corrected chi connectivity index (χ4v) is 4.97. The van der Waals surface area contributed by atoms with Gasteiger partial charge >= 0.3 is 0 Å². The summed E-state index contributed by atoms with van der Waals surface area (Å²) in [5.74, 6) is 0.166. The fraction of sp³-hybridized carbons (Fsp3) is 0.200. The highest BCUT2D eigenvalue weighted by atomic mass is 35.5. The maximum absolute atomic E-state index is 13.9. The average Bonchev–Trinajstić information content (AvgIpc) is 3.43. The Balaban J connectivity index is 1.57. The van der Waals surface area contributed by atoms with Crippen LogP contribution in [0.4, 0.5) is 0 Å². The smallest absolute Gasteiger partial charge is 0.271 e. The summed E-state index contributed by atoms with van der Waals surface area (Å²) < 4.78 is 7.65. The molecule has 1 aliphatic rings. The van der Waals surface area contributed by atoms with Crippen LogP contribution in [0.5, 0.6) is 5.75 Å². The van der Waals surface area contributed by atoms with E-state index in [9.17, 15) is 14.9 Å². The summed E-state index contributed by atoms with van der Waals surface area (Å²) in [5, 5.41) is 15.2. The number of carbonyl (C=O) groups excluding carboxylic acids is 2. The Kier molecular flexibility index (Phi) is 8.89. The van der Waals surface area contributed by atoms with Gasteiger partial charge in [-0.3, -0.25) is 14.5 Å². The van der Waals surface area contributed by atoms with E-state index in [-0.39, 0.29) is 17.7 Å². The molecule has 8 heteroatoms. The molecular weight excluding hydrogens is 560 g/mol. The van der Waals surface area contributed by atoms with Gasteiger partial charge in [0.25, 0.3) is 11.8 Å². The quantitative estimate of drug-likeness (QED) is 0.150. The lowest BCUT2D eigenvalue weighted by Gasteiger charge is -2.27. The number of ether oxygens (including phenoxy) is 1. The third kappa shape index (κ3) is 6.45. The monoisotopic (exact) mass is 590 g/mol. The van der Waals surface area contributed by atoms with Gasteiger partial charge in [-0.15, -0.1) is 0 Å². The normalized spacial score (nSPS) is 14.5. The van der Waals surface area contributed by atoms with Gasteiger partial charge in [0.2, 0.25) is 0 Å². The molecule has 2 amide bonds. The van der Waals surface area contributed by atoms with Crippen molar-refractivity contribution in [2.75, 3.05) is 6.61 Å². The van der Waals surface area contributed by atoms with Crippen molar-refractivity contribution in [2.45, 2.75) is 33.7 Å². The first kappa shape index (κ1) is 29.6.